The van der Waals surface area contributed by atoms with Gasteiger partial charge in [-0.25, -0.2) is 4.79 Å². The zero-order valence-electron chi connectivity index (χ0n) is 12.7. The maximum absolute atomic E-state index is 11.9. The van der Waals surface area contributed by atoms with Crippen LogP contribution in [0.15, 0.2) is 24.3 Å². The molecule has 110 valence electrons. The highest BCUT2D eigenvalue weighted by Gasteiger charge is 2.30. The minimum Gasteiger partial charge on any atom is -0.444 e. The Hall–Kier alpha value is -1.55. The molecule has 2 atom stereocenters. The first-order chi connectivity index (χ1) is 9.35. The summed E-state index contributed by atoms with van der Waals surface area (Å²) in [5, 5.41) is 6.42. The highest BCUT2D eigenvalue weighted by molar-refractivity contribution is 5.68. The molecule has 0 radical (unpaired) electrons. The molecule has 0 aromatic heterocycles. The van der Waals surface area contributed by atoms with Crippen molar-refractivity contribution in [2.45, 2.75) is 51.8 Å². The fourth-order valence-electron chi connectivity index (χ4n) is 2.44. The van der Waals surface area contributed by atoms with Crippen molar-refractivity contribution in [3.63, 3.8) is 0 Å². The molecule has 20 heavy (non-hydrogen) atoms. The van der Waals surface area contributed by atoms with E-state index in [1.807, 2.05) is 20.8 Å². The number of carbonyl (C=O) groups is 1. The summed E-state index contributed by atoms with van der Waals surface area (Å²) >= 11 is 0. The van der Waals surface area contributed by atoms with Crippen LogP contribution >= 0.6 is 0 Å². The Kier molecular flexibility index (Phi) is 4.33. The molecular weight excluding hydrogens is 252 g/mol. The standard InChI is InChI=1S/C16H24N2O2/c1-11-5-7-12(8-6-11)14-13(9-10-17-14)18-15(19)20-16(2,3)4/h5-8,13-14,17H,9-10H2,1-4H3,(H,18,19). The number of nitrogens with one attached hydrogen (secondary N) is 2. The normalized spacial score (nSPS) is 22.6. The largest absolute Gasteiger partial charge is 0.444 e. The molecule has 1 fully saturated rings. The third kappa shape index (κ3) is 3.97. The summed E-state index contributed by atoms with van der Waals surface area (Å²) in [6.07, 6.45) is 0.570. The van der Waals surface area contributed by atoms with Crippen LogP contribution in [-0.2, 0) is 4.74 Å². The monoisotopic (exact) mass is 276 g/mol. The Morgan fingerprint density at radius 3 is 2.55 bits per heavy atom. The zero-order chi connectivity index (χ0) is 14.8. The molecule has 1 saturated heterocycles. The molecule has 0 saturated carbocycles. The number of aryl methyl sites for hydroxylation is 1. The van der Waals surface area contributed by atoms with Gasteiger partial charge in [-0.2, -0.15) is 0 Å². The molecule has 1 aliphatic rings. The van der Waals surface area contributed by atoms with E-state index in [0.717, 1.165) is 13.0 Å². The first-order valence-electron chi connectivity index (χ1n) is 7.14. The van der Waals surface area contributed by atoms with E-state index in [9.17, 15) is 4.79 Å². The number of alkyl carbamates (subject to hydrolysis) is 1. The van der Waals surface area contributed by atoms with Gasteiger partial charge in [0.1, 0.15) is 5.60 Å². The first kappa shape index (κ1) is 14.9. The molecule has 4 nitrogen and oxygen atoms in total. The molecule has 1 aromatic carbocycles. The van der Waals surface area contributed by atoms with E-state index in [-0.39, 0.29) is 18.2 Å². The van der Waals surface area contributed by atoms with Gasteiger partial charge in [0.2, 0.25) is 0 Å². The van der Waals surface area contributed by atoms with E-state index >= 15 is 0 Å². The molecule has 2 rings (SSSR count). The van der Waals surface area contributed by atoms with Crippen molar-refractivity contribution < 1.29 is 9.53 Å². The lowest BCUT2D eigenvalue weighted by atomic mass is 10.00. The minimum atomic E-state index is -0.463. The quantitative estimate of drug-likeness (QED) is 0.873. The highest BCUT2D eigenvalue weighted by Crippen LogP contribution is 2.24. The van der Waals surface area contributed by atoms with Gasteiger partial charge in [0.25, 0.3) is 0 Å². The molecule has 0 spiro atoms. The van der Waals surface area contributed by atoms with Crippen molar-refractivity contribution in [1.82, 2.24) is 10.6 Å². The summed E-state index contributed by atoms with van der Waals surface area (Å²) in [6.45, 7) is 8.59. The van der Waals surface area contributed by atoms with E-state index in [4.69, 9.17) is 4.74 Å². The van der Waals surface area contributed by atoms with E-state index < -0.39 is 5.60 Å². The van der Waals surface area contributed by atoms with E-state index in [1.54, 1.807) is 0 Å². The molecule has 4 heteroatoms. The van der Waals surface area contributed by atoms with Crippen LogP contribution in [0.3, 0.4) is 0 Å². The van der Waals surface area contributed by atoms with Crippen molar-refractivity contribution in [2.24, 2.45) is 0 Å². The van der Waals surface area contributed by atoms with Gasteiger partial charge >= 0.3 is 6.09 Å². The molecule has 2 unspecified atom stereocenters. The Morgan fingerprint density at radius 2 is 1.95 bits per heavy atom. The SMILES string of the molecule is Cc1ccc(C2NCCC2NC(=O)OC(C)(C)C)cc1. The van der Waals surface area contributed by atoms with Gasteiger partial charge in [0, 0.05) is 0 Å². The second kappa shape index (κ2) is 5.83. The number of hydrogen-bond acceptors (Lipinski definition) is 3. The number of rotatable bonds is 2. The number of benzene rings is 1. The molecule has 1 heterocycles. The van der Waals surface area contributed by atoms with Crippen molar-refractivity contribution in [3.8, 4) is 0 Å². The number of amides is 1. The van der Waals surface area contributed by atoms with E-state index in [2.05, 4.69) is 41.8 Å². The average molecular weight is 276 g/mol. The fourth-order valence-corrected chi connectivity index (χ4v) is 2.44. The summed E-state index contributed by atoms with van der Waals surface area (Å²) in [5.74, 6) is 0. The van der Waals surface area contributed by atoms with Crippen LogP contribution in [0.1, 0.15) is 44.4 Å². The van der Waals surface area contributed by atoms with Crippen LogP contribution in [0.25, 0.3) is 0 Å². The lowest BCUT2D eigenvalue weighted by Crippen LogP contribution is -2.41. The molecule has 0 bridgehead atoms. The number of carbonyl (C=O) groups excluding carboxylic acids is 1. The molecule has 0 aliphatic carbocycles. The second-order valence-corrected chi connectivity index (χ2v) is 6.38. The van der Waals surface area contributed by atoms with Crippen LogP contribution in [0.4, 0.5) is 4.79 Å². The Bertz CT molecular complexity index is 462. The second-order valence-electron chi connectivity index (χ2n) is 6.38. The molecule has 1 aliphatic heterocycles. The van der Waals surface area contributed by atoms with Crippen molar-refractivity contribution in [2.75, 3.05) is 6.54 Å². The van der Waals surface area contributed by atoms with Crippen LogP contribution in [0.2, 0.25) is 0 Å². The average Bonchev–Trinajstić information content (AvgIpc) is 2.75. The van der Waals surface area contributed by atoms with Crippen LogP contribution in [0.5, 0.6) is 0 Å². The van der Waals surface area contributed by atoms with Gasteiger partial charge in [-0.1, -0.05) is 29.8 Å². The van der Waals surface area contributed by atoms with E-state index in [0.29, 0.717) is 0 Å². The first-order valence-corrected chi connectivity index (χ1v) is 7.14. The summed E-state index contributed by atoms with van der Waals surface area (Å²) in [7, 11) is 0. The van der Waals surface area contributed by atoms with Crippen molar-refractivity contribution in [1.29, 1.82) is 0 Å². The Morgan fingerprint density at radius 1 is 1.30 bits per heavy atom. The fraction of sp³-hybridized carbons (Fsp3) is 0.562. The lowest BCUT2D eigenvalue weighted by Gasteiger charge is -2.25. The smallest absolute Gasteiger partial charge is 0.407 e. The molecular formula is C16H24N2O2. The van der Waals surface area contributed by atoms with Gasteiger partial charge in [0.15, 0.2) is 0 Å². The van der Waals surface area contributed by atoms with Crippen molar-refractivity contribution in [3.05, 3.63) is 35.4 Å². The maximum Gasteiger partial charge on any atom is 0.407 e. The van der Waals surface area contributed by atoms with Gasteiger partial charge in [-0.15, -0.1) is 0 Å². The van der Waals surface area contributed by atoms with Crippen LogP contribution < -0.4 is 10.6 Å². The summed E-state index contributed by atoms with van der Waals surface area (Å²) in [6, 6.07) is 8.65. The Balaban J connectivity index is 2.00. The minimum absolute atomic E-state index is 0.0764. The van der Waals surface area contributed by atoms with Crippen LogP contribution in [-0.4, -0.2) is 24.3 Å². The van der Waals surface area contributed by atoms with Gasteiger partial charge in [-0.3, -0.25) is 0 Å². The van der Waals surface area contributed by atoms with Gasteiger partial charge < -0.3 is 15.4 Å². The summed E-state index contributed by atoms with van der Waals surface area (Å²) < 4.78 is 5.33. The third-order valence-corrected chi connectivity index (χ3v) is 3.36. The molecule has 2 N–H and O–H groups in total. The summed E-state index contributed by atoms with van der Waals surface area (Å²) in [4.78, 5) is 11.9. The van der Waals surface area contributed by atoms with Gasteiger partial charge in [0.05, 0.1) is 12.1 Å². The predicted octanol–water partition coefficient (Wildman–Crippen LogP) is 2.92. The number of hydrogen-bond donors (Lipinski definition) is 2. The number of ether oxygens (including phenoxy) is 1. The summed E-state index contributed by atoms with van der Waals surface area (Å²) in [5.41, 5.74) is 1.98. The zero-order valence-corrected chi connectivity index (χ0v) is 12.7. The van der Waals surface area contributed by atoms with Crippen LogP contribution in [0, 0.1) is 6.92 Å². The lowest BCUT2D eigenvalue weighted by molar-refractivity contribution is 0.0500. The molecule has 1 aromatic rings. The maximum atomic E-state index is 11.9. The van der Waals surface area contributed by atoms with E-state index in [1.165, 1.54) is 11.1 Å². The highest BCUT2D eigenvalue weighted by atomic mass is 16.6. The van der Waals surface area contributed by atoms with Gasteiger partial charge in [-0.05, 0) is 46.2 Å². The topological polar surface area (TPSA) is 50.4 Å². The Labute approximate surface area is 120 Å². The molecule has 1 amide bonds. The third-order valence-electron chi connectivity index (χ3n) is 3.36. The predicted molar refractivity (Wildman–Crippen MR) is 79.7 cm³/mol. The van der Waals surface area contributed by atoms with Crippen molar-refractivity contribution >= 4 is 6.09 Å².